The molecule has 1 fully saturated rings. The molecule has 1 aliphatic heterocycles. The molecule has 7 heteroatoms. The summed E-state index contributed by atoms with van der Waals surface area (Å²) in [4.78, 5) is 18.4. The molecule has 2 N–H and O–H groups in total. The summed E-state index contributed by atoms with van der Waals surface area (Å²) in [5, 5.41) is 11.5. The number of guanidine groups is 1. The second kappa shape index (κ2) is 10.3. The average Bonchev–Trinajstić information content (AvgIpc) is 3.37. The Hall–Kier alpha value is -2.83. The monoisotopic (exact) mass is 410 g/mol. The SMILES string of the molecule is CN=C(NCCCc1cn(-c2ccccc2)nc1C)NC1CCN(C(=O)C(C)C)C1. The molecule has 1 amide bonds. The Morgan fingerprint density at radius 2 is 2.07 bits per heavy atom. The van der Waals surface area contributed by atoms with Gasteiger partial charge in [-0.1, -0.05) is 32.0 Å². The summed E-state index contributed by atoms with van der Waals surface area (Å²) in [5.74, 6) is 1.08. The Bertz CT molecular complexity index is 858. The van der Waals surface area contributed by atoms with E-state index in [1.165, 1.54) is 5.56 Å². The molecule has 162 valence electrons. The van der Waals surface area contributed by atoms with E-state index in [0.29, 0.717) is 0 Å². The van der Waals surface area contributed by atoms with E-state index in [9.17, 15) is 4.79 Å². The van der Waals surface area contributed by atoms with Gasteiger partial charge in [-0.15, -0.1) is 0 Å². The third-order valence-electron chi connectivity index (χ3n) is 5.49. The Balaban J connectivity index is 1.43. The van der Waals surface area contributed by atoms with Gasteiger partial charge in [0, 0.05) is 44.8 Å². The van der Waals surface area contributed by atoms with Gasteiger partial charge in [0.05, 0.1) is 11.4 Å². The molecule has 0 radical (unpaired) electrons. The van der Waals surface area contributed by atoms with Crippen molar-refractivity contribution in [2.75, 3.05) is 26.7 Å². The minimum atomic E-state index is 0.0518. The van der Waals surface area contributed by atoms with Gasteiger partial charge in [-0.2, -0.15) is 5.10 Å². The number of benzene rings is 1. The number of amides is 1. The molecule has 1 aliphatic rings. The second-order valence-corrected chi connectivity index (χ2v) is 8.19. The van der Waals surface area contributed by atoms with Gasteiger partial charge in [0.1, 0.15) is 0 Å². The molecule has 30 heavy (non-hydrogen) atoms. The zero-order chi connectivity index (χ0) is 21.5. The quantitative estimate of drug-likeness (QED) is 0.418. The fourth-order valence-corrected chi connectivity index (χ4v) is 3.77. The summed E-state index contributed by atoms with van der Waals surface area (Å²) in [6.45, 7) is 8.36. The number of hydrogen-bond acceptors (Lipinski definition) is 3. The number of para-hydroxylation sites is 1. The van der Waals surface area contributed by atoms with Crippen LogP contribution in [0.5, 0.6) is 0 Å². The van der Waals surface area contributed by atoms with Crippen molar-refractivity contribution in [1.29, 1.82) is 0 Å². The second-order valence-electron chi connectivity index (χ2n) is 8.19. The minimum absolute atomic E-state index is 0.0518. The summed E-state index contributed by atoms with van der Waals surface area (Å²) >= 11 is 0. The molecule has 1 saturated heterocycles. The van der Waals surface area contributed by atoms with Gasteiger partial charge in [-0.3, -0.25) is 9.79 Å². The average molecular weight is 411 g/mol. The molecule has 2 aromatic rings. The van der Waals surface area contributed by atoms with Crippen molar-refractivity contribution in [3.8, 4) is 5.69 Å². The fourth-order valence-electron chi connectivity index (χ4n) is 3.77. The summed E-state index contributed by atoms with van der Waals surface area (Å²) < 4.78 is 1.95. The van der Waals surface area contributed by atoms with E-state index in [4.69, 9.17) is 0 Å². The first-order valence-corrected chi connectivity index (χ1v) is 10.8. The van der Waals surface area contributed by atoms with Gasteiger partial charge in [-0.25, -0.2) is 4.68 Å². The molecule has 0 saturated carbocycles. The molecular formula is C23H34N6O. The number of carbonyl (C=O) groups is 1. The van der Waals surface area contributed by atoms with Crippen molar-refractivity contribution in [2.45, 2.75) is 46.1 Å². The Kier molecular flexibility index (Phi) is 7.49. The number of aliphatic imine (C=N–C) groups is 1. The molecule has 1 aromatic heterocycles. The molecule has 0 spiro atoms. The van der Waals surface area contributed by atoms with E-state index < -0.39 is 0 Å². The lowest BCUT2D eigenvalue weighted by Gasteiger charge is -2.20. The number of rotatable bonds is 7. The van der Waals surface area contributed by atoms with Crippen LogP contribution in [0.2, 0.25) is 0 Å². The van der Waals surface area contributed by atoms with Crippen LogP contribution in [0, 0.1) is 12.8 Å². The van der Waals surface area contributed by atoms with Crippen molar-refractivity contribution >= 4 is 11.9 Å². The lowest BCUT2D eigenvalue weighted by atomic mass is 10.1. The van der Waals surface area contributed by atoms with Crippen LogP contribution >= 0.6 is 0 Å². The van der Waals surface area contributed by atoms with Crippen LogP contribution in [0.15, 0.2) is 41.5 Å². The van der Waals surface area contributed by atoms with Crippen molar-refractivity contribution in [3.63, 3.8) is 0 Å². The van der Waals surface area contributed by atoms with E-state index in [2.05, 4.69) is 46.0 Å². The standard InChI is InChI=1S/C23H34N6O/c1-17(2)22(30)28-14-12-20(16-28)26-23(24-4)25-13-8-9-19-15-29(27-18(19)3)21-10-6-5-7-11-21/h5-7,10-11,15,17,20H,8-9,12-14,16H2,1-4H3,(H2,24,25,26). The largest absolute Gasteiger partial charge is 0.356 e. The van der Waals surface area contributed by atoms with E-state index in [1.807, 2.05) is 41.6 Å². The number of carbonyl (C=O) groups excluding carboxylic acids is 1. The van der Waals surface area contributed by atoms with Crippen molar-refractivity contribution in [2.24, 2.45) is 10.9 Å². The summed E-state index contributed by atoms with van der Waals surface area (Å²) in [6, 6.07) is 10.4. The number of aromatic nitrogens is 2. The zero-order valence-corrected chi connectivity index (χ0v) is 18.6. The number of hydrogen-bond donors (Lipinski definition) is 2. The van der Waals surface area contributed by atoms with E-state index in [1.54, 1.807) is 7.05 Å². The number of likely N-dealkylation sites (tertiary alicyclic amines) is 1. The fraction of sp³-hybridized carbons (Fsp3) is 0.522. The van der Waals surface area contributed by atoms with Crippen LogP contribution in [0.25, 0.3) is 5.69 Å². The Morgan fingerprint density at radius 3 is 2.77 bits per heavy atom. The normalized spacial score (nSPS) is 16.9. The van der Waals surface area contributed by atoms with E-state index in [0.717, 1.165) is 56.2 Å². The number of aryl methyl sites for hydroxylation is 2. The molecule has 3 rings (SSSR count). The highest BCUT2D eigenvalue weighted by Gasteiger charge is 2.27. The lowest BCUT2D eigenvalue weighted by Crippen LogP contribution is -2.45. The van der Waals surface area contributed by atoms with Crippen LogP contribution in [-0.2, 0) is 11.2 Å². The topological polar surface area (TPSA) is 74.6 Å². The Labute approximate surface area is 179 Å². The molecule has 0 aliphatic carbocycles. The molecule has 1 unspecified atom stereocenters. The molecule has 1 atom stereocenters. The van der Waals surface area contributed by atoms with E-state index >= 15 is 0 Å². The van der Waals surface area contributed by atoms with Crippen LogP contribution < -0.4 is 10.6 Å². The first kappa shape index (κ1) is 21.9. The maximum Gasteiger partial charge on any atom is 0.225 e. The third kappa shape index (κ3) is 5.62. The highest BCUT2D eigenvalue weighted by Crippen LogP contribution is 2.14. The van der Waals surface area contributed by atoms with E-state index in [-0.39, 0.29) is 17.9 Å². The van der Waals surface area contributed by atoms with Gasteiger partial charge in [0.25, 0.3) is 0 Å². The first-order chi connectivity index (χ1) is 14.5. The maximum absolute atomic E-state index is 12.2. The minimum Gasteiger partial charge on any atom is -0.356 e. The van der Waals surface area contributed by atoms with Crippen LogP contribution in [-0.4, -0.2) is 59.3 Å². The molecule has 0 bridgehead atoms. The van der Waals surface area contributed by atoms with Gasteiger partial charge in [0.15, 0.2) is 5.96 Å². The predicted octanol–water partition coefficient (Wildman–Crippen LogP) is 2.54. The smallest absolute Gasteiger partial charge is 0.225 e. The van der Waals surface area contributed by atoms with Crippen LogP contribution in [0.4, 0.5) is 0 Å². The Morgan fingerprint density at radius 1 is 1.30 bits per heavy atom. The lowest BCUT2D eigenvalue weighted by molar-refractivity contribution is -0.133. The van der Waals surface area contributed by atoms with Crippen LogP contribution in [0.1, 0.15) is 37.9 Å². The van der Waals surface area contributed by atoms with Crippen LogP contribution in [0.3, 0.4) is 0 Å². The highest BCUT2D eigenvalue weighted by molar-refractivity contribution is 5.81. The highest BCUT2D eigenvalue weighted by atomic mass is 16.2. The summed E-state index contributed by atoms with van der Waals surface area (Å²) in [5.41, 5.74) is 3.42. The van der Waals surface area contributed by atoms with Crippen molar-refractivity contribution in [1.82, 2.24) is 25.3 Å². The van der Waals surface area contributed by atoms with Crippen molar-refractivity contribution in [3.05, 3.63) is 47.8 Å². The number of nitrogens with zero attached hydrogens (tertiary/aromatic N) is 4. The number of nitrogens with one attached hydrogen (secondary N) is 2. The maximum atomic E-state index is 12.2. The zero-order valence-electron chi connectivity index (χ0n) is 18.6. The van der Waals surface area contributed by atoms with Gasteiger partial charge in [-0.05, 0) is 43.9 Å². The van der Waals surface area contributed by atoms with Gasteiger partial charge < -0.3 is 15.5 Å². The first-order valence-electron chi connectivity index (χ1n) is 10.8. The molecule has 1 aromatic carbocycles. The molecular weight excluding hydrogens is 376 g/mol. The summed E-state index contributed by atoms with van der Waals surface area (Å²) in [6.07, 6.45) is 5.03. The molecule has 2 heterocycles. The molecule has 7 nitrogen and oxygen atoms in total. The summed E-state index contributed by atoms with van der Waals surface area (Å²) in [7, 11) is 1.79. The van der Waals surface area contributed by atoms with Crippen molar-refractivity contribution < 1.29 is 4.79 Å². The van der Waals surface area contributed by atoms with Gasteiger partial charge >= 0.3 is 0 Å². The third-order valence-corrected chi connectivity index (χ3v) is 5.49. The predicted molar refractivity (Wildman–Crippen MR) is 121 cm³/mol. The van der Waals surface area contributed by atoms with Gasteiger partial charge in [0.2, 0.25) is 5.91 Å².